The van der Waals surface area contributed by atoms with Crippen LogP contribution in [-0.2, 0) is 197 Å². The Bertz CT molecular complexity index is 4600. The van der Waals surface area contributed by atoms with Crippen molar-refractivity contribution < 1.29 is 195 Å². The molecule has 45 nitrogen and oxygen atoms in total. The standard InChI is InChI=1S/C84H102N4O41/c1-38(89)85-65-59(115-44(7)95)29-83(80(104)107-15,127-73(65)69(120-49(12)100)61(117-46(9)97)34-108-41(4)92)114-37-64-68(119-48(11)99)72(67(87-40(3)91)78(123-64)112-33-58(77(103)111-31-52-23-17-16-18-24-52)88-82(106)113-32-57-55-27-21-19-25-53(55)54-26-20-22-28-56(54)57)125-79-76(122-51(14)102)75-71(63(124-79)36-110-43(6)94)126-81(105)84(129-75)30-60(116-45(8)96)66(86-39(2)90)74(128-84)70(121-50(13)101)62(118-47(10)98)35-109-42(5)93/h16-28,57-76,78-79H,29-37H2,1-15H3,(H,85,89)(H,86,90)(H,87,91)(H,88,106)/t58-,59-,60-,61+,62+,63+,64+,65+,66+,67+,68-,69+,70+,71-,72+,73+,74+,75-,76+,78-,79-,83-,84-/m0/s1. The predicted molar refractivity (Wildman–Crippen MR) is 421 cm³/mol. The highest BCUT2D eigenvalue weighted by molar-refractivity contribution is 5.84. The first-order chi connectivity index (χ1) is 61.0. The molecule has 5 fully saturated rings. The Morgan fingerprint density at radius 1 is 0.442 bits per heavy atom. The van der Waals surface area contributed by atoms with Gasteiger partial charge in [0.1, 0.15) is 87.9 Å². The van der Waals surface area contributed by atoms with Crippen LogP contribution in [0.15, 0.2) is 78.9 Å². The maximum absolute atomic E-state index is 15.4. The molecule has 0 aromatic heterocycles. The Balaban J connectivity index is 1.23. The monoisotopic (exact) mass is 1820 g/mol. The largest absolute Gasteiger partial charge is 0.465 e. The van der Waals surface area contributed by atoms with Gasteiger partial charge in [-0.2, -0.15) is 0 Å². The predicted octanol–water partition coefficient (Wildman–Crippen LogP) is 0.616. The molecular formula is C84H102N4O41. The molecule has 704 valence electrons. The van der Waals surface area contributed by atoms with E-state index in [1.165, 1.54) is 0 Å². The van der Waals surface area contributed by atoms with E-state index in [1.54, 1.807) is 42.5 Å². The molecule has 129 heavy (non-hydrogen) atoms. The lowest BCUT2D eigenvalue weighted by Gasteiger charge is -2.55. The summed E-state index contributed by atoms with van der Waals surface area (Å²) in [5, 5.41) is 10.1. The van der Waals surface area contributed by atoms with Gasteiger partial charge < -0.3 is 130 Å². The second kappa shape index (κ2) is 45.0. The molecule has 0 saturated carbocycles. The Hall–Kier alpha value is -12.4. The molecule has 0 unspecified atom stereocenters. The fraction of sp³-hybridized carbons (Fsp3) is 0.571. The number of alkyl carbamates (subject to hydrolysis) is 1. The fourth-order valence-electron chi connectivity index (χ4n) is 15.7. The van der Waals surface area contributed by atoms with Gasteiger partial charge in [-0.1, -0.05) is 78.9 Å². The van der Waals surface area contributed by atoms with Gasteiger partial charge in [0, 0.05) is 103 Å². The fourth-order valence-corrected chi connectivity index (χ4v) is 15.7. The second-order valence-electron chi connectivity index (χ2n) is 30.4. The van der Waals surface area contributed by atoms with Gasteiger partial charge in [0.05, 0.1) is 45.2 Å². The number of fused-ring (bicyclic) bond motifs is 4. The van der Waals surface area contributed by atoms with E-state index < -0.39 is 306 Å². The lowest BCUT2D eigenvalue weighted by atomic mass is 9.86. The Morgan fingerprint density at radius 3 is 1.42 bits per heavy atom. The van der Waals surface area contributed by atoms with Gasteiger partial charge in [0.2, 0.25) is 17.7 Å². The van der Waals surface area contributed by atoms with E-state index in [-0.39, 0.29) is 6.61 Å². The van der Waals surface area contributed by atoms with Crippen LogP contribution in [0.5, 0.6) is 0 Å². The van der Waals surface area contributed by atoms with Crippen LogP contribution in [0, 0.1) is 0 Å². The van der Waals surface area contributed by atoms with Crippen molar-refractivity contribution in [3.8, 4) is 11.1 Å². The van der Waals surface area contributed by atoms with Crippen molar-refractivity contribution in [2.75, 3.05) is 46.8 Å². The van der Waals surface area contributed by atoms with Crippen LogP contribution < -0.4 is 21.3 Å². The van der Waals surface area contributed by atoms with Crippen LogP contribution in [0.4, 0.5) is 4.79 Å². The molecule has 3 aromatic rings. The zero-order chi connectivity index (χ0) is 94.6. The molecule has 5 saturated heterocycles. The minimum atomic E-state index is -3.16. The highest BCUT2D eigenvalue weighted by Gasteiger charge is 2.68. The van der Waals surface area contributed by atoms with Crippen LogP contribution in [0.2, 0.25) is 0 Å². The number of amides is 4. The molecule has 6 aliphatic rings. The maximum Gasteiger partial charge on any atom is 0.407 e. The van der Waals surface area contributed by atoms with Crippen molar-refractivity contribution >= 4 is 107 Å². The summed E-state index contributed by atoms with van der Waals surface area (Å²) < 4.78 is 139. The summed E-state index contributed by atoms with van der Waals surface area (Å²) in [5.41, 5.74) is 3.75. The first-order valence-electron chi connectivity index (χ1n) is 40.5. The topological polar surface area (TPSA) is 568 Å². The molecule has 1 aliphatic carbocycles. The minimum absolute atomic E-state index is 0.315. The van der Waals surface area contributed by atoms with Gasteiger partial charge in [-0.05, 0) is 27.8 Å². The molecule has 4 amide bonds. The van der Waals surface area contributed by atoms with E-state index in [0.717, 1.165) is 126 Å². The third-order valence-electron chi connectivity index (χ3n) is 20.4. The SMILES string of the molecule is COC(=O)[C@]1(OC[C@H]2O[C@H](OC[C@H](NC(=O)OCC3c4ccccc4-c4ccccc43)C(=O)OCc3ccccc3)[C@H](NC(C)=O)[C@@H](O[C@@H]3O[C@H](COC(C)=O)[C@@H]4OC(=O)[C@]5(C[C@H](OC(C)=O)[C@@H](NC(C)=O)[C@H]([C@H](OC(C)=O)[C@@H](COC(C)=O)OC(C)=O)O5)O[C@@H]4[C@H]3OC(C)=O)[C@H]2OC(C)=O)C[C@H](OC(C)=O)[C@@H](NC(C)=O)[C@H]([C@H](OC(C)=O)[C@@H](COC(C)=O)OC(C)=O)O1. The van der Waals surface area contributed by atoms with E-state index in [4.69, 9.17) is 109 Å². The third-order valence-corrected chi connectivity index (χ3v) is 20.4. The molecule has 5 heterocycles. The number of hydrogen-bond acceptors (Lipinski definition) is 41. The van der Waals surface area contributed by atoms with Gasteiger partial charge in [0.15, 0.2) is 61.3 Å². The molecule has 1 spiro atoms. The first kappa shape index (κ1) is 100. The number of carbonyl (C=O) groups excluding carboxylic acids is 18. The smallest absolute Gasteiger partial charge is 0.407 e. The normalized spacial score (nSPS) is 27.1. The van der Waals surface area contributed by atoms with E-state index >= 15 is 9.59 Å². The van der Waals surface area contributed by atoms with Gasteiger partial charge in [-0.15, -0.1) is 0 Å². The number of methoxy groups -OCH3 is 1. The highest BCUT2D eigenvalue weighted by Crippen LogP contribution is 2.48. The average Bonchev–Trinajstić information content (AvgIpc) is 1.69. The molecular weight excluding hydrogens is 1720 g/mol. The summed E-state index contributed by atoms with van der Waals surface area (Å²) in [5.74, 6) is -26.2. The Morgan fingerprint density at radius 2 is 0.922 bits per heavy atom. The Labute approximate surface area is 736 Å². The third kappa shape index (κ3) is 26.6. The molecule has 4 N–H and O–H groups in total. The van der Waals surface area contributed by atoms with Crippen LogP contribution in [0.1, 0.15) is 132 Å². The number of hydrogen-bond donors (Lipinski definition) is 4. The lowest BCUT2D eigenvalue weighted by molar-refractivity contribution is -0.403. The van der Waals surface area contributed by atoms with Gasteiger partial charge >= 0.3 is 89.7 Å². The first-order valence-corrected chi connectivity index (χ1v) is 40.5. The summed E-state index contributed by atoms with van der Waals surface area (Å²) in [6.45, 7) is 6.92. The van der Waals surface area contributed by atoms with Crippen molar-refractivity contribution in [3.05, 3.63) is 95.6 Å². The average molecular weight is 1820 g/mol. The zero-order valence-electron chi connectivity index (χ0n) is 72.8. The molecule has 0 bridgehead atoms. The van der Waals surface area contributed by atoms with Crippen molar-refractivity contribution in [3.63, 3.8) is 0 Å². The van der Waals surface area contributed by atoms with Crippen LogP contribution >= 0.6 is 0 Å². The van der Waals surface area contributed by atoms with Gasteiger partial charge in [-0.25, -0.2) is 19.2 Å². The van der Waals surface area contributed by atoms with Crippen LogP contribution in [-0.4, -0.2) is 294 Å². The summed E-state index contributed by atoms with van der Waals surface area (Å²) in [4.78, 5) is 246. The van der Waals surface area contributed by atoms with Crippen molar-refractivity contribution in [1.82, 2.24) is 21.3 Å². The summed E-state index contributed by atoms with van der Waals surface area (Å²) in [6, 6.07) is 15.3. The lowest BCUT2D eigenvalue weighted by Crippen LogP contribution is -2.75. The summed E-state index contributed by atoms with van der Waals surface area (Å²) in [6.07, 6.45) is -39.5. The van der Waals surface area contributed by atoms with Crippen molar-refractivity contribution in [1.29, 1.82) is 0 Å². The second-order valence-corrected chi connectivity index (χ2v) is 30.4. The van der Waals surface area contributed by atoms with Crippen LogP contribution in [0.3, 0.4) is 0 Å². The molecule has 5 aliphatic heterocycles. The number of rotatable bonds is 36. The van der Waals surface area contributed by atoms with Crippen molar-refractivity contribution in [2.24, 2.45) is 0 Å². The van der Waals surface area contributed by atoms with Crippen molar-refractivity contribution in [2.45, 2.75) is 262 Å². The number of nitrogens with one attached hydrogen (secondary N) is 4. The van der Waals surface area contributed by atoms with E-state index in [1.807, 2.05) is 36.4 Å². The minimum Gasteiger partial charge on any atom is -0.465 e. The molecule has 3 aromatic carbocycles. The summed E-state index contributed by atoms with van der Waals surface area (Å²) in [7, 11) is 0.817. The molecule has 45 heteroatoms. The zero-order valence-corrected chi connectivity index (χ0v) is 72.8. The Kier molecular flexibility index (Phi) is 35.0. The number of carbonyl (C=O) groups is 18. The van der Waals surface area contributed by atoms with Gasteiger partial charge in [-0.3, -0.25) is 67.1 Å². The molecule has 9 rings (SSSR count). The van der Waals surface area contributed by atoms with E-state index in [2.05, 4.69) is 21.3 Å². The quantitative estimate of drug-likeness (QED) is 0.0458. The van der Waals surface area contributed by atoms with Crippen LogP contribution in [0.25, 0.3) is 11.1 Å². The number of benzene rings is 3. The maximum atomic E-state index is 15.4. The van der Waals surface area contributed by atoms with Gasteiger partial charge in [0.25, 0.3) is 11.6 Å². The molecule has 23 atom stereocenters. The molecule has 0 radical (unpaired) electrons. The van der Waals surface area contributed by atoms with E-state index in [0.29, 0.717) is 5.56 Å². The number of esters is 14. The summed E-state index contributed by atoms with van der Waals surface area (Å²) >= 11 is 0. The van der Waals surface area contributed by atoms with E-state index in [9.17, 15) is 76.7 Å². The number of ether oxygens (including phenoxy) is 23. The highest BCUT2D eigenvalue weighted by atomic mass is 16.8.